The quantitative estimate of drug-likeness (QED) is 0.218. The SMILES string of the molecule is COc1ccc2c(O[C@@H]3C[C@H]4C(=O)N[C@]5(C(=O)NS(=O)(=O)C6CC6)C[C@H]5/C=C\CC[C@@H](C)C[C@@H](C)[C@H](NC(=O)OC(C)(C)C)C(=O)N4C3)nc(-c3ccc4c(c3)OCCO4)cc2c1.[HH].[HH].[HH]. The zero-order chi connectivity index (χ0) is 44.8. The van der Waals surface area contributed by atoms with Crippen LogP contribution in [-0.4, -0.2) is 104 Å². The molecule has 8 rings (SSSR count). The maximum Gasteiger partial charge on any atom is 0.408 e. The summed E-state index contributed by atoms with van der Waals surface area (Å²) in [4.78, 5) is 63.5. The summed E-state index contributed by atoms with van der Waals surface area (Å²) in [6, 6.07) is 10.7. The fraction of sp³-hybridized carbons (Fsp3) is 0.543. The number of methoxy groups -OCH3 is 1. The third-order valence-electron chi connectivity index (χ3n) is 12.4. The van der Waals surface area contributed by atoms with Gasteiger partial charge in [0, 0.05) is 27.6 Å². The first-order valence-corrected chi connectivity index (χ1v) is 23.4. The number of fused-ring (bicyclic) bond motifs is 4. The number of nitrogens with zero attached hydrogens (tertiary/aromatic N) is 2. The molecule has 2 saturated carbocycles. The lowest BCUT2D eigenvalue weighted by atomic mass is 9.88. The van der Waals surface area contributed by atoms with Crippen LogP contribution < -0.4 is 34.3 Å². The zero-order valence-corrected chi connectivity index (χ0v) is 37.4. The molecule has 1 aromatic heterocycles. The smallest absolute Gasteiger partial charge is 0.408 e. The van der Waals surface area contributed by atoms with Gasteiger partial charge in [-0.25, -0.2) is 18.2 Å². The molecule has 3 aliphatic heterocycles. The molecule has 4 amide bonds. The van der Waals surface area contributed by atoms with Crippen molar-refractivity contribution >= 4 is 44.6 Å². The van der Waals surface area contributed by atoms with E-state index in [4.69, 9.17) is 28.7 Å². The van der Waals surface area contributed by atoms with E-state index in [0.29, 0.717) is 67.2 Å². The van der Waals surface area contributed by atoms with Crippen LogP contribution in [-0.2, 0) is 29.1 Å². The highest BCUT2D eigenvalue weighted by atomic mass is 32.2. The van der Waals surface area contributed by atoms with Gasteiger partial charge in [-0.2, -0.15) is 0 Å². The number of benzene rings is 2. The molecule has 63 heavy (non-hydrogen) atoms. The first kappa shape index (κ1) is 44.0. The number of allylic oxidation sites excluding steroid dienone is 1. The van der Waals surface area contributed by atoms with E-state index in [-0.39, 0.29) is 41.4 Å². The monoisotopic (exact) mass is 893 g/mol. The number of carbonyl (C=O) groups is 4. The van der Waals surface area contributed by atoms with Crippen molar-refractivity contribution in [3.8, 4) is 34.4 Å². The number of pyridine rings is 1. The number of alkyl carbamates (subject to hydrolysis) is 1. The van der Waals surface area contributed by atoms with Crippen molar-refractivity contribution in [2.45, 2.75) is 114 Å². The third-order valence-corrected chi connectivity index (χ3v) is 14.2. The Balaban J connectivity index is 0.00000272. The van der Waals surface area contributed by atoms with Crippen LogP contribution in [0.2, 0.25) is 0 Å². The summed E-state index contributed by atoms with van der Waals surface area (Å²) in [5, 5.41) is 6.52. The molecule has 0 bridgehead atoms. The fourth-order valence-corrected chi connectivity index (χ4v) is 10.2. The van der Waals surface area contributed by atoms with Crippen LogP contribution in [0.15, 0.2) is 54.6 Å². The van der Waals surface area contributed by atoms with E-state index in [2.05, 4.69) is 22.3 Å². The van der Waals surface area contributed by atoms with Crippen LogP contribution in [0.1, 0.15) is 83.8 Å². The van der Waals surface area contributed by atoms with Gasteiger partial charge >= 0.3 is 6.09 Å². The summed E-state index contributed by atoms with van der Waals surface area (Å²) in [7, 11) is -2.36. The lowest BCUT2D eigenvalue weighted by Crippen LogP contribution is -2.59. The van der Waals surface area contributed by atoms with E-state index in [1.807, 2.05) is 55.5 Å². The van der Waals surface area contributed by atoms with Crippen molar-refractivity contribution in [2.75, 3.05) is 26.9 Å². The maximum atomic E-state index is 15.0. The summed E-state index contributed by atoms with van der Waals surface area (Å²) < 4.78 is 57.8. The second-order valence-corrected chi connectivity index (χ2v) is 20.6. The normalized spacial score (nSPS) is 28.0. The summed E-state index contributed by atoms with van der Waals surface area (Å²) in [5.41, 5.74) is -1.09. The van der Waals surface area contributed by atoms with Crippen LogP contribution in [0, 0.1) is 17.8 Å². The molecular formula is C46H63N5O11S. The molecule has 16 nitrogen and oxygen atoms in total. The average Bonchev–Trinajstić information content (AvgIpc) is 4.16. The minimum Gasteiger partial charge on any atom is -0.497 e. The largest absolute Gasteiger partial charge is 0.497 e. The number of carbonyl (C=O) groups excluding carboxylic acids is 4. The van der Waals surface area contributed by atoms with Crippen LogP contribution in [0.5, 0.6) is 23.1 Å². The molecule has 5 aliphatic rings. The Morgan fingerprint density at radius 2 is 1.76 bits per heavy atom. The molecule has 4 heterocycles. The van der Waals surface area contributed by atoms with E-state index in [1.165, 1.54) is 4.90 Å². The molecule has 0 spiro atoms. The van der Waals surface area contributed by atoms with E-state index >= 15 is 4.79 Å². The highest BCUT2D eigenvalue weighted by molar-refractivity contribution is 7.91. The average molecular weight is 894 g/mol. The topological polar surface area (TPSA) is 201 Å². The fourth-order valence-electron chi connectivity index (χ4n) is 8.86. The van der Waals surface area contributed by atoms with Gasteiger partial charge in [0.25, 0.3) is 5.91 Å². The van der Waals surface area contributed by atoms with Gasteiger partial charge in [-0.15, -0.1) is 0 Å². The van der Waals surface area contributed by atoms with Gasteiger partial charge in [0.15, 0.2) is 11.5 Å². The van der Waals surface area contributed by atoms with E-state index < -0.39 is 74.3 Å². The van der Waals surface area contributed by atoms with Gasteiger partial charge < -0.3 is 39.2 Å². The second kappa shape index (κ2) is 17.2. The van der Waals surface area contributed by atoms with E-state index in [1.54, 1.807) is 33.9 Å². The van der Waals surface area contributed by atoms with Crippen molar-refractivity contribution in [2.24, 2.45) is 17.8 Å². The van der Waals surface area contributed by atoms with Gasteiger partial charge in [0.05, 0.1) is 24.6 Å². The van der Waals surface area contributed by atoms with Gasteiger partial charge in [-0.05, 0) is 119 Å². The first-order chi connectivity index (χ1) is 29.9. The number of amides is 4. The van der Waals surface area contributed by atoms with Gasteiger partial charge in [-0.1, -0.05) is 26.0 Å². The molecule has 3 fully saturated rings. The Morgan fingerprint density at radius 1 is 1.00 bits per heavy atom. The predicted molar refractivity (Wildman–Crippen MR) is 239 cm³/mol. The van der Waals surface area contributed by atoms with Crippen molar-refractivity contribution < 1.29 is 55.6 Å². The number of ether oxygens (including phenoxy) is 5. The summed E-state index contributed by atoms with van der Waals surface area (Å²) in [6.07, 6.45) is 5.35. The van der Waals surface area contributed by atoms with Gasteiger partial charge in [0.2, 0.25) is 27.7 Å². The molecule has 2 aliphatic carbocycles. The Morgan fingerprint density at radius 3 is 2.49 bits per heavy atom. The molecule has 3 aromatic rings. The Kier molecular flexibility index (Phi) is 12.0. The maximum absolute atomic E-state index is 15.0. The molecule has 7 atom stereocenters. The van der Waals surface area contributed by atoms with Gasteiger partial charge in [-0.3, -0.25) is 19.1 Å². The number of sulfonamides is 1. The summed E-state index contributed by atoms with van der Waals surface area (Å²) >= 11 is 0. The minimum absolute atomic E-state index is 0. The standard InChI is InChI=1S/C46H57N5O11S.3H2/c1-26-9-7-8-10-30-24-46(30,43(54)50-63(56,57)33-13-14-33)49-40(52)36-23-32(25-51(36)42(53)39(27(2)19-26)48-44(55)62-45(3,4)5)61-41-34-15-12-31(58-6)20-29(34)21-35(47-41)28-11-16-37-38(22-28)60-18-17-59-37;;;/h8,10-12,15-16,20-22,26-27,30,32-33,36,39H,7,9,13-14,17-19,23-25H2,1-6H3,(H,48,55)(H,49,52)(H,50,54);3*1H/b10-8-;;;/t26-,27-,30-,32-,36+,39+,46-;;;/m1.../s1. The number of hydrogen-bond acceptors (Lipinski definition) is 12. The highest BCUT2D eigenvalue weighted by Gasteiger charge is 2.62. The van der Waals surface area contributed by atoms with Crippen molar-refractivity contribution in [3.05, 3.63) is 54.6 Å². The molecular weight excluding hydrogens is 831 g/mol. The Hall–Kier alpha value is -5.58. The van der Waals surface area contributed by atoms with Gasteiger partial charge in [0.1, 0.15) is 48.3 Å². The highest BCUT2D eigenvalue weighted by Crippen LogP contribution is 2.46. The van der Waals surface area contributed by atoms with Crippen LogP contribution in [0.4, 0.5) is 4.79 Å². The molecule has 1 saturated heterocycles. The molecule has 344 valence electrons. The van der Waals surface area contributed by atoms with Crippen molar-refractivity contribution in [1.82, 2.24) is 25.2 Å². The van der Waals surface area contributed by atoms with Crippen LogP contribution >= 0.6 is 0 Å². The molecule has 17 heteroatoms. The Bertz CT molecular complexity index is 2450. The number of aromatic nitrogens is 1. The van der Waals surface area contributed by atoms with Crippen molar-refractivity contribution in [1.29, 1.82) is 0 Å². The molecule has 2 aromatic carbocycles. The van der Waals surface area contributed by atoms with Crippen LogP contribution in [0.25, 0.3) is 22.0 Å². The molecule has 0 radical (unpaired) electrons. The number of nitrogens with one attached hydrogen (secondary N) is 3. The molecule has 0 unspecified atom stereocenters. The summed E-state index contributed by atoms with van der Waals surface area (Å²) in [6.45, 7) is 9.96. The number of hydrogen-bond donors (Lipinski definition) is 3. The van der Waals surface area contributed by atoms with Crippen molar-refractivity contribution in [3.63, 3.8) is 0 Å². The zero-order valence-electron chi connectivity index (χ0n) is 36.6. The summed E-state index contributed by atoms with van der Waals surface area (Å²) in [5.74, 6) is -0.610. The Labute approximate surface area is 372 Å². The minimum atomic E-state index is -3.94. The number of rotatable bonds is 8. The molecule has 3 N–H and O–H groups in total. The van der Waals surface area contributed by atoms with Crippen LogP contribution in [0.3, 0.4) is 0 Å². The first-order valence-electron chi connectivity index (χ1n) is 21.8. The predicted octanol–water partition coefficient (Wildman–Crippen LogP) is 6.16. The van der Waals surface area contributed by atoms with E-state index in [9.17, 15) is 22.8 Å². The second-order valence-electron chi connectivity index (χ2n) is 18.6. The lowest BCUT2D eigenvalue weighted by molar-refractivity contribution is -0.142. The lowest BCUT2D eigenvalue weighted by Gasteiger charge is -2.33. The third kappa shape index (κ3) is 9.67. The van der Waals surface area contributed by atoms with E-state index in [0.717, 1.165) is 17.4 Å².